The first-order valence-electron chi connectivity index (χ1n) is 6.42. The number of ether oxygens (including phenoxy) is 1. The van der Waals surface area contributed by atoms with Gasteiger partial charge >= 0.3 is 0 Å². The van der Waals surface area contributed by atoms with Crippen LogP contribution in [0.2, 0.25) is 0 Å². The summed E-state index contributed by atoms with van der Waals surface area (Å²) in [6.07, 6.45) is 5.25. The van der Waals surface area contributed by atoms with Crippen molar-refractivity contribution in [3.8, 4) is 0 Å². The Morgan fingerprint density at radius 2 is 2.32 bits per heavy atom. The summed E-state index contributed by atoms with van der Waals surface area (Å²) in [5, 5.41) is 3.93. The zero-order valence-corrected chi connectivity index (χ0v) is 11.6. The average molecular weight is 288 g/mol. The Labute approximate surface area is 113 Å². The van der Waals surface area contributed by atoms with Crippen LogP contribution in [-0.4, -0.2) is 44.5 Å². The minimum absolute atomic E-state index is 0.156. The van der Waals surface area contributed by atoms with Gasteiger partial charge in [0.2, 0.25) is 10.0 Å². The van der Waals surface area contributed by atoms with Crippen LogP contribution in [0.5, 0.6) is 0 Å². The third kappa shape index (κ3) is 4.57. The number of rotatable bonds is 9. The van der Waals surface area contributed by atoms with E-state index in [0.29, 0.717) is 25.6 Å². The van der Waals surface area contributed by atoms with E-state index in [2.05, 4.69) is 9.82 Å². The predicted molar refractivity (Wildman–Crippen MR) is 70.0 cm³/mol. The molecule has 8 heteroatoms. The summed E-state index contributed by atoms with van der Waals surface area (Å²) in [5.41, 5.74) is 5.38. The van der Waals surface area contributed by atoms with E-state index in [1.807, 2.05) is 0 Å². The molecule has 2 rings (SSSR count). The van der Waals surface area contributed by atoms with Crippen LogP contribution in [0, 0.1) is 5.92 Å². The highest BCUT2D eigenvalue weighted by molar-refractivity contribution is 7.89. The number of nitrogens with two attached hydrogens (primary N) is 1. The van der Waals surface area contributed by atoms with Crippen molar-refractivity contribution in [2.75, 3.05) is 26.3 Å². The summed E-state index contributed by atoms with van der Waals surface area (Å²) < 4.78 is 33.2. The van der Waals surface area contributed by atoms with Crippen molar-refractivity contribution < 1.29 is 13.2 Å². The first kappa shape index (κ1) is 14.4. The quantitative estimate of drug-likeness (QED) is 0.599. The maximum atomic E-state index is 11.9. The number of nitrogens with zero attached hydrogens (tertiary/aromatic N) is 2. The van der Waals surface area contributed by atoms with Crippen molar-refractivity contribution in [1.29, 1.82) is 0 Å². The third-order valence-electron chi connectivity index (χ3n) is 2.87. The zero-order chi connectivity index (χ0) is 13.7. The average Bonchev–Trinajstić information content (AvgIpc) is 3.06. The van der Waals surface area contributed by atoms with Gasteiger partial charge < -0.3 is 10.5 Å². The second-order valence-electron chi connectivity index (χ2n) is 4.64. The van der Waals surface area contributed by atoms with E-state index in [1.165, 1.54) is 29.9 Å². The van der Waals surface area contributed by atoms with Gasteiger partial charge in [0.05, 0.1) is 19.3 Å². The summed E-state index contributed by atoms with van der Waals surface area (Å²) in [4.78, 5) is 0.156. The molecule has 1 saturated carbocycles. The molecule has 1 fully saturated rings. The predicted octanol–water partition coefficient (Wildman–Crippen LogP) is -0.453. The Bertz CT molecular complexity index is 496. The molecule has 19 heavy (non-hydrogen) atoms. The highest BCUT2D eigenvalue weighted by Gasteiger charge is 2.21. The largest absolute Gasteiger partial charge is 0.380 e. The zero-order valence-electron chi connectivity index (χ0n) is 10.8. The molecule has 0 aliphatic heterocycles. The minimum atomic E-state index is -3.50. The fraction of sp³-hybridized carbons (Fsp3) is 0.727. The van der Waals surface area contributed by atoms with Crippen LogP contribution in [0.1, 0.15) is 12.8 Å². The maximum Gasteiger partial charge on any atom is 0.243 e. The highest BCUT2D eigenvalue weighted by Crippen LogP contribution is 2.28. The van der Waals surface area contributed by atoms with Gasteiger partial charge in [0.1, 0.15) is 4.90 Å². The molecule has 1 aromatic heterocycles. The lowest BCUT2D eigenvalue weighted by Crippen LogP contribution is -2.27. The van der Waals surface area contributed by atoms with E-state index < -0.39 is 10.0 Å². The van der Waals surface area contributed by atoms with Gasteiger partial charge in [-0.3, -0.25) is 4.68 Å². The summed E-state index contributed by atoms with van der Waals surface area (Å²) in [5.74, 6) is 0.686. The Morgan fingerprint density at radius 3 is 3.00 bits per heavy atom. The normalized spacial score (nSPS) is 15.8. The number of nitrogens with one attached hydrogen (secondary N) is 1. The molecule has 1 aromatic rings. The van der Waals surface area contributed by atoms with Crippen molar-refractivity contribution in [2.24, 2.45) is 11.7 Å². The van der Waals surface area contributed by atoms with Crippen LogP contribution < -0.4 is 10.5 Å². The Kier molecular flexibility index (Phi) is 4.92. The smallest absolute Gasteiger partial charge is 0.243 e. The lowest BCUT2D eigenvalue weighted by Gasteiger charge is -2.05. The molecule has 1 heterocycles. The van der Waals surface area contributed by atoms with Crippen LogP contribution in [0.15, 0.2) is 17.3 Å². The summed E-state index contributed by atoms with van der Waals surface area (Å²) in [7, 11) is -3.50. The van der Waals surface area contributed by atoms with Crippen LogP contribution in [0.4, 0.5) is 0 Å². The molecule has 1 aliphatic rings. The van der Waals surface area contributed by atoms with Crippen molar-refractivity contribution in [3.63, 3.8) is 0 Å². The second-order valence-corrected chi connectivity index (χ2v) is 6.41. The number of sulfonamides is 1. The van der Waals surface area contributed by atoms with E-state index in [-0.39, 0.29) is 11.4 Å². The fourth-order valence-corrected chi connectivity index (χ4v) is 2.57. The van der Waals surface area contributed by atoms with Crippen LogP contribution in [0.3, 0.4) is 0 Å². The van der Waals surface area contributed by atoms with Crippen molar-refractivity contribution in [3.05, 3.63) is 12.4 Å². The van der Waals surface area contributed by atoms with Crippen molar-refractivity contribution >= 4 is 10.0 Å². The standard InChI is InChI=1S/C11H20N4O3S/c12-3-5-15-8-11(7-13-15)19(16,17)14-4-6-18-9-10-1-2-10/h7-8,10,14H,1-6,9,12H2. The van der Waals surface area contributed by atoms with Crippen molar-refractivity contribution in [1.82, 2.24) is 14.5 Å². The molecule has 0 bridgehead atoms. The summed E-state index contributed by atoms with van der Waals surface area (Å²) in [6.45, 7) is 2.32. The Hall–Kier alpha value is -0.960. The van der Waals surface area contributed by atoms with Gasteiger partial charge in [0, 0.05) is 25.9 Å². The van der Waals surface area contributed by atoms with Crippen molar-refractivity contribution in [2.45, 2.75) is 24.3 Å². The van der Waals surface area contributed by atoms with Gasteiger partial charge in [-0.2, -0.15) is 5.10 Å². The molecule has 0 radical (unpaired) electrons. The molecule has 3 N–H and O–H groups in total. The molecule has 0 saturated heterocycles. The molecule has 0 amide bonds. The summed E-state index contributed by atoms with van der Waals surface area (Å²) in [6, 6.07) is 0. The minimum Gasteiger partial charge on any atom is -0.380 e. The lowest BCUT2D eigenvalue weighted by atomic mass is 10.5. The monoisotopic (exact) mass is 288 g/mol. The molecule has 1 aliphatic carbocycles. The topological polar surface area (TPSA) is 99.2 Å². The van der Waals surface area contributed by atoms with E-state index in [9.17, 15) is 8.42 Å². The molecule has 0 unspecified atom stereocenters. The molecular weight excluding hydrogens is 268 g/mol. The van der Waals surface area contributed by atoms with Gasteiger partial charge in [0.25, 0.3) is 0 Å². The second kappa shape index (κ2) is 6.47. The number of hydrogen-bond donors (Lipinski definition) is 2. The molecular formula is C11H20N4O3S. The van der Waals surface area contributed by atoms with Gasteiger partial charge in [-0.1, -0.05) is 0 Å². The van der Waals surface area contributed by atoms with Gasteiger partial charge in [-0.05, 0) is 18.8 Å². The SMILES string of the molecule is NCCn1cc(S(=O)(=O)NCCOCC2CC2)cn1. The van der Waals surface area contributed by atoms with Gasteiger partial charge in [0.15, 0.2) is 0 Å². The highest BCUT2D eigenvalue weighted by atomic mass is 32.2. The molecule has 108 valence electrons. The third-order valence-corrected chi connectivity index (χ3v) is 4.28. The molecule has 7 nitrogen and oxygen atoms in total. The van der Waals surface area contributed by atoms with E-state index in [4.69, 9.17) is 10.5 Å². The molecule has 0 atom stereocenters. The Morgan fingerprint density at radius 1 is 1.53 bits per heavy atom. The van der Waals surface area contributed by atoms with Crippen LogP contribution >= 0.6 is 0 Å². The van der Waals surface area contributed by atoms with Crippen LogP contribution in [0.25, 0.3) is 0 Å². The fourth-order valence-electron chi connectivity index (χ4n) is 1.60. The first-order valence-corrected chi connectivity index (χ1v) is 7.90. The summed E-state index contributed by atoms with van der Waals surface area (Å²) >= 11 is 0. The molecule has 0 aromatic carbocycles. The Balaban J connectivity index is 1.75. The number of aromatic nitrogens is 2. The van der Waals surface area contributed by atoms with Gasteiger partial charge in [-0.25, -0.2) is 13.1 Å². The van der Waals surface area contributed by atoms with E-state index in [0.717, 1.165) is 6.61 Å². The lowest BCUT2D eigenvalue weighted by molar-refractivity contribution is 0.129. The molecule has 0 spiro atoms. The first-order chi connectivity index (χ1) is 9.12. The van der Waals surface area contributed by atoms with Crippen LogP contribution in [-0.2, 0) is 21.3 Å². The maximum absolute atomic E-state index is 11.9. The van der Waals surface area contributed by atoms with E-state index >= 15 is 0 Å². The number of hydrogen-bond acceptors (Lipinski definition) is 5. The van der Waals surface area contributed by atoms with E-state index in [1.54, 1.807) is 0 Å². The van der Waals surface area contributed by atoms with Gasteiger partial charge in [-0.15, -0.1) is 0 Å².